The number of hydrogen-bond acceptors (Lipinski definition) is 4. The second-order valence-electron chi connectivity index (χ2n) is 3.52. The van der Waals surface area contributed by atoms with Crippen LogP contribution >= 0.6 is 11.3 Å². The highest BCUT2D eigenvalue weighted by molar-refractivity contribution is 7.09. The summed E-state index contributed by atoms with van der Waals surface area (Å²) in [5.41, 5.74) is 6.55. The van der Waals surface area contributed by atoms with Crippen LogP contribution in [0.25, 0.3) is 0 Å². The molecule has 0 aliphatic rings. The van der Waals surface area contributed by atoms with Crippen molar-refractivity contribution in [3.8, 4) is 0 Å². The zero-order valence-corrected chi connectivity index (χ0v) is 9.44. The molecule has 0 aromatic carbocycles. The lowest BCUT2D eigenvalue weighted by Gasteiger charge is -1.98. The van der Waals surface area contributed by atoms with Gasteiger partial charge >= 0.3 is 0 Å². The van der Waals surface area contributed by atoms with Gasteiger partial charge in [0, 0.05) is 23.9 Å². The molecule has 0 fully saturated rings. The minimum absolute atomic E-state index is 0.0412. The van der Waals surface area contributed by atoms with Crippen LogP contribution < -0.4 is 5.73 Å². The fourth-order valence-corrected chi connectivity index (χ4v) is 2.01. The molecule has 2 aromatic heterocycles. The summed E-state index contributed by atoms with van der Waals surface area (Å²) in [5.74, 6) is 0. The molecule has 0 aliphatic heterocycles. The Morgan fingerprint density at radius 3 is 3.07 bits per heavy atom. The Bertz CT molecular complexity index is 405. The van der Waals surface area contributed by atoms with Gasteiger partial charge in [0.2, 0.25) is 0 Å². The molecule has 1 unspecified atom stereocenters. The van der Waals surface area contributed by atoms with E-state index in [1.165, 1.54) is 4.88 Å². The number of hydrogen-bond donors (Lipinski definition) is 1. The van der Waals surface area contributed by atoms with Gasteiger partial charge in [-0.15, -0.1) is 16.4 Å². The van der Waals surface area contributed by atoms with Gasteiger partial charge in [0.1, 0.15) is 0 Å². The largest absolute Gasteiger partial charge is 0.323 e. The van der Waals surface area contributed by atoms with Crippen LogP contribution in [0.3, 0.4) is 0 Å². The van der Waals surface area contributed by atoms with Crippen LogP contribution in [0.2, 0.25) is 0 Å². The molecule has 0 spiro atoms. The van der Waals surface area contributed by atoms with E-state index < -0.39 is 0 Å². The quantitative estimate of drug-likeness (QED) is 0.855. The van der Waals surface area contributed by atoms with Crippen molar-refractivity contribution in [1.29, 1.82) is 0 Å². The second-order valence-corrected chi connectivity index (χ2v) is 4.56. The maximum absolute atomic E-state index is 5.70. The third-order valence-corrected chi connectivity index (χ3v) is 3.13. The first-order valence-electron chi connectivity index (χ1n) is 4.93. The zero-order chi connectivity index (χ0) is 10.7. The normalized spacial score (nSPS) is 12.9. The lowest BCUT2D eigenvalue weighted by molar-refractivity contribution is 0.592. The summed E-state index contributed by atoms with van der Waals surface area (Å²) >= 11 is 1.77. The zero-order valence-electron chi connectivity index (χ0n) is 8.63. The van der Waals surface area contributed by atoms with E-state index in [0.29, 0.717) is 0 Å². The lowest BCUT2D eigenvalue weighted by Crippen LogP contribution is -2.05. The summed E-state index contributed by atoms with van der Waals surface area (Å²) in [7, 11) is 0. The maximum atomic E-state index is 5.70. The number of nitrogens with two attached hydrogens (primary N) is 1. The van der Waals surface area contributed by atoms with Crippen molar-refractivity contribution in [3.05, 3.63) is 34.3 Å². The number of thiophene rings is 1. The average Bonchev–Trinajstić information content (AvgIpc) is 2.86. The summed E-state index contributed by atoms with van der Waals surface area (Å²) in [6.07, 6.45) is 2.91. The van der Waals surface area contributed by atoms with Crippen LogP contribution in [-0.4, -0.2) is 15.0 Å². The average molecular weight is 222 g/mol. The van der Waals surface area contributed by atoms with E-state index in [-0.39, 0.29) is 6.04 Å². The molecule has 1 atom stereocenters. The van der Waals surface area contributed by atoms with E-state index in [4.69, 9.17) is 5.73 Å². The third-order valence-electron chi connectivity index (χ3n) is 2.19. The van der Waals surface area contributed by atoms with Gasteiger partial charge in [-0.1, -0.05) is 11.3 Å². The molecule has 4 nitrogen and oxygen atoms in total. The number of aryl methyl sites for hydroxylation is 2. The minimum Gasteiger partial charge on any atom is -0.323 e. The topological polar surface area (TPSA) is 56.7 Å². The molecular formula is C10H14N4S. The highest BCUT2D eigenvalue weighted by Crippen LogP contribution is 2.10. The molecule has 2 aromatic rings. The van der Waals surface area contributed by atoms with Crippen molar-refractivity contribution in [2.45, 2.75) is 25.9 Å². The van der Waals surface area contributed by atoms with Crippen molar-refractivity contribution >= 4 is 11.3 Å². The van der Waals surface area contributed by atoms with Gasteiger partial charge in [-0.05, 0) is 18.4 Å². The molecule has 2 rings (SSSR count). The second kappa shape index (κ2) is 4.55. The van der Waals surface area contributed by atoms with Gasteiger partial charge < -0.3 is 5.73 Å². The molecule has 15 heavy (non-hydrogen) atoms. The smallest absolute Gasteiger partial charge is 0.0991 e. The summed E-state index contributed by atoms with van der Waals surface area (Å²) in [6.45, 7) is 2.77. The predicted octanol–water partition coefficient (Wildman–Crippen LogP) is 1.60. The van der Waals surface area contributed by atoms with Gasteiger partial charge in [-0.2, -0.15) is 0 Å². The van der Waals surface area contributed by atoms with Crippen molar-refractivity contribution in [2.75, 3.05) is 0 Å². The Labute approximate surface area is 92.7 Å². The first-order chi connectivity index (χ1) is 7.25. The molecule has 0 saturated carbocycles. The first kappa shape index (κ1) is 10.3. The number of nitrogens with zero attached hydrogens (tertiary/aromatic N) is 3. The van der Waals surface area contributed by atoms with E-state index >= 15 is 0 Å². The van der Waals surface area contributed by atoms with E-state index in [1.54, 1.807) is 11.3 Å². The Hall–Kier alpha value is -1.20. The summed E-state index contributed by atoms with van der Waals surface area (Å²) in [6, 6.07) is 4.16. The van der Waals surface area contributed by atoms with E-state index in [2.05, 4.69) is 27.8 Å². The van der Waals surface area contributed by atoms with Crippen LogP contribution in [-0.2, 0) is 13.0 Å². The first-order valence-corrected chi connectivity index (χ1v) is 5.81. The van der Waals surface area contributed by atoms with Crippen molar-refractivity contribution < 1.29 is 0 Å². The summed E-state index contributed by atoms with van der Waals surface area (Å²) < 4.78 is 1.85. The minimum atomic E-state index is -0.0412. The predicted molar refractivity (Wildman–Crippen MR) is 60.6 cm³/mol. The molecule has 0 radical (unpaired) electrons. The maximum Gasteiger partial charge on any atom is 0.0991 e. The monoisotopic (exact) mass is 222 g/mol. The van der Waals surface area contributed by atoms with E-state index in [9.17, 15) is 0 Å². The van der Waals surface area contributed by atoms with Gasteiger partial charge in [0.25, 0.3) is 0 Å². The molecule has 0 aliphatic carbocycles. The highest BCUT2D eigenvalue weighted by atomic mass is 32.1. The van der Waals surface area contributed by atoms with E-state index in [0.717, 1.165) is 18.7 Å². The van der Waals surface area contributed by atoms with Gasteiger partial charge in [-0.25, -0.2) is 0 Å². The fraction of sp³-hybridized carbons (Fsp3) is 0.400. The number of rotatable bonds is 4. The van der Waals surface area contributed by atoms with Gasteiger partial charge in [0.15, 0.2) is 0 Å². The fourth-order valence-electron chi connectivity index (χ4n) is 1.31. The number of aromatic nitrogens is 3. The van der Waals surface area contributed by atoms with Crippen LogP contribution in [0.15, 0.2) is 23.7 Å². The highest BCUT2D eigenvalue weighted by Gasteiger charge is 2.04. The molecule has 2 heterocycles. The SMILES string of the molecule is CC(N)c1cn(CCc2cccs2)nn1. The van der Waals surface area contributed by atoms with Gasteiger partial charge in [-0.3, -0.25) is 4.68 Å². The standard InChI is InChI=1S/C10H14N4S/c1-8(11)10-7-14(13-12-10)5-4-9-3-2-6-15-9/h2-3,6-8H,4-5,11H2,1H3. The molecule has 5 heteroatoms. The Morgan fingerprint density at radius 2 is 2.47 bits per heavy atom. The molecule has 0 amide bonds. The molecule has 2 N–H and O–H groups in total. The Balaban J connectivity index is 1.94. The van der Waals surface area contributed by atoms with Crippen LogP contribution in [0.4, 0.5) is 0 Å². The van der Waals surface area contributed by atoms with Crippen molar-refractivity contribution in [2.24, 2.45) is 5.73 Å². The summed E-state index contributed by atoms with van der Waals surface area (Å²) in [4.78, 5) is 1.37. The molecule has 0 bridgehead atoms. The molecule has 0 saturated heterocycles. The van der Waals surface area contributed by atoms with Gasteiger partial charge in [0.05, 0.1) is 11.9 Å². The Morgan fingerprint density at radius 1 is 1.60 bits per heavy atom. The third kappa shape index (κ3) is 2.64. The van der Waals surface area contributed by atoms with Crippen LogP contribution in [0.1, 0.15) is 23.5 Å². The lowest BCUT2D eigenvalue weighted by atomic mass is 10.3. The summed E-state index contributed by atoms with van der Waals surface area (Å²) in [5, 5.41) is 10.1. The Kier molecular flexibility index (Phi) is 3.13. The van der Waals surface area contributed by atoms with Crippen molar-refractivity contribution in [3.63, 3.8) is 0 Å². The van der Waals surface area contributed by atoms with Crippen LogP contribution in [0, 0.1) is 0 Å². The van der Waals surface area contributed by atoms with E-state index in [1.807, 2.05) is 17.8 Å². The van der Waals surface area contributed by atoms with Crippen LogP contribution in [0.5, 0.6) is 0 Å². The molecular weight excluding hydrogens is 208 g/mol. The molecule has 80 valence electrons. The van der Waals surface area contributed by atoms with Crippen molar-refractivity contribution in [1.82, 2.24) is 15.0 Å².